The maximum Gasteiger partial charge on any atom is 0.242 e. The summed E-state index contributed by atoms with van der Waals surface area (Å²) in [5.41, 5.74) is 3.32. The van der Waals surface area contributed by atoms with Crippen molar-refractivity contribution in [3.05, 3.63) is 65.2 Å². The number of carbonyl (C=O) groups excluding carboxylic acids is 2. The van der Waals surface area contributed by atoms with Crippen molar-refractivity contribution in [2.45, 2.75) is 32.2 Å². The zero-order valence-electron chi connectivity index (χ0n) is 16.9. The minimum Gasteiger partial charge on any atom is -0.497 e. The summed E-state index contributed by atoms with van der Waals surface area (Å²) < 4.78 is 5.26. The van der Waals surface area contributed by atoms with Gasteiger partial charge in [-0.25, -0.2) is 0 Å². The molecular weight excluding hydrogens is 372 g/mol. The van der Waals surface area contributed by atoms with Crippen molar-refractivity contribution in [3.8, 4) is 5.75 Å². The van der Waals surface area contributed by atoms with Gasteiger partial charge in [-0.2, -0.15) is 0 Å². The van der Waals surface area contributed by atoms with Crippen LogP contribution in [0.1, 0.15) is 23.6 Å². The normalized spacial score (nSPS) is 11.6. The first-order valence-corrected chi connectivity index (χ1v) is 10.4. The van der Waals surface area contributed by atoms with E-state index in [9.17, 15) is 9.59 Å². The average Bonchev–Trinajstić information content (AvgIpc) is 2.71. The van der Waals surface area contributed by atoms with Crippen molar-refractivity contribution >= 4 is 23.6 Å². The lowest BCUT2D eigenvalue weighted by atomic mass is 10.1. The largest absolute Gasteiger partial charge is 0.497 e. The Hall–Kier alpha value is -2.47. The zero-order valence-corrected chi connectivity index (χ0v) is 17.7. The smallest absolute Gasteiger partial charge is 0.242 e. The van der Waals surface area contributed by atoms with Crippen LogP contribution in [0.15, 0.2) is 48.5 Å². The number of likely N-dealkylation sites (N-methyl/N-ethyl adjacent to an activating group) is 1. The lowest BCUT2D eigenvalue weighted by molar-refractivity contribution is -0.138. The summed E-state index contributed by atoms with van der Waals surface area (Å²) in [6.07, 6.45) is 0. The molecule has 2 rings (SSSR count). The lowest BCUT2D eigenvalue weighted by Crippen LogP contribution is -2.47. The maximum absolute atomic E-state index is 12.9. The molecule has 150 valence electrons. The summed E-state index contributed by atoms with van der Waals surface area (Å²) >= 11 is 1.56. The first-order chi connectivity index (χ1) is 13.4. The number of carbonyl (C=O) groups is 2. The Morgan fingerprint density at radius 3 is 2.54 bits per heavy atom. The van der Waals surface area contributed by atoms with Gasteiger partial charge in [-0.05, 0) is 37.1 Å². The van der Waals surface area contributed by atoms with Gasteiger partial charge in [0.2, 0.25) is 11.8 Å². The summed E-state index contributed by atoms with van der Waals surface area (Å²) in [7, 11) is 3.19. The fourth-order valence-electron chi connectivity index (χ4n) is 2.90. The van der Waals surface area contributed by atoms with Gasteiger partial charge in [0, 0.05) is 19.3 Å². The van der Waals surface area contributed by atoms with Gasteiger partial charge < -0.3 is 15.0 Å². The van der Waals surface area contributed by atoms with Gasteiger partial charge >= 0.3 is 0 Å². The van der Waals surface area contributed by atoms with Crippen molar-refractivity contribution in [2.75, 3.05) is 19.9 Å². The Labute approximate surface area is 171 Å². The minimum absolute atomic E-state index is 0.0587. The predicted molar refractivity (Wildman–Crippen MR) is 114 cm³/mol. The van der Waals surface area contributed by atoms with Crippen LogP contribution < -0.4 is 10.1 Å². The Balaban J connectivity index is 2.06. The standard InChI is InChI=1S/C22H28N2O3S/c1-16-7-5-9-19(11-16)14-28-15-21(25)24(17(2)22(26)23-3)13-18-8-6-10-20(12-18)27-4/h5-12,17H,13-15H2,1-4H3,(H,23,26)/t17-/m1/s1. The summed E-state index contributed by atoms with van der Waals surface area (Å²) in [5, 5.41) is 2.63. The summed E-state index contributed by atoms with van der Waals surface area (Å²) in [6.45, 7) is 4.16. The highest BCUT2D eigenvalue weighted by molar-refractivity contribution is 7.99. The van der Waals surface area contributed by atoms with Gasteiger partial charge in [0.15, 0.2) is 0 Å². The number of methoxy groups -OCH3 is 1. The van der Waals surface area contributed by atoms with Gasteiger partial charge in [0.1, 0.15) is 11.8 Å². The lowest BCUT2D eigenvalue weighted by Gasteiger charge is -2.28. The van der Waals surface area contributed by atoms with Crippen LogP contribution in [-0.4, -0.2) is 42.7 Å². The summed E-state index contributed by atoms with van der Waals surface area (Å²) in [6, 6.07) is 15.3. The highest BCUT2D eigenvalue weighted by atomic mass is 32.2. The molecule has 2 aromatic carbocycles. The van der Waals surface area contributed by atoms with E-state index in [4.69, 9.17) is 4.74 Å². The molecule has 1 atom stereocenters. The topological polar surface area (TPSA) is 58.6 Å². The van der Waals surface area contributed by atoms with Crippen LogP contribution in [0.4, 0.5) is 0 Å². The van der Waals surface area contributed by atoms with E-state index in [1.54, 1.807) is 37.7 Å². The van der Waals surface area contributed by atoms with E-state index in [0.717, 1.165) is 17.1 Å². The number of rotatable bonds is 9. The number of hydrogen-bond acceptors (Lipinski definition) is 4. The molecule has 5 nitrogen and oxygen atoms in total. The van der Waals surface area contributed by atoms with Gasteiger partial charge in [-0.3, -0.25) is 9.59 Å². The highest BCUT2D eigenvalue weighted by Crippen LogP contribution is 2.19. The SMILES string of the molecule is CNC(=O)[C@@H](C)N(Cc1cccc(OC)c1)C(=O)CSCc1cccc(C)c1. The molecular formula is C22H28N2O3S. The number of hydrogen-bond donors (Lipinski definition) is 1. The van der Waals surface area contributed by atoms with Crippen molar-refractivity contribution in [1.82, 2.24) is 10.2 Å². The molecule has 6 heteroatoms. The van der Waals surface area contributed by atoms with Crippen molar-refractivity contribution in [2.24, 2.45) is 0 Å². The fourth-order valence-corrected chi connectivity index (χ4v) is 3.76. The van der Waals surface area contributed by atoms with Crippen LogP contribution in [0, 0.1) is 6.92 Å². The maximum atomic E-state index is 12.9. The third-order valence-electron chi connectivity index (χ3n) is 4.48. The summed E-state index contributed by atoms with van der Waals surface area (Å²) in [5.74, 6) is 1.57. The number of ether oxygens (including phenoxy) is 1. The van der Waals surface area contributed by atoms with E-state index >= 15 is 0 Å². The molecule has 2 amide bonds. The molecule has 0 aromatic heterocycles. The van der Waals surface area contributed by atoms with Crippen LogP contribution in [0.2, 0.25) is 0 Å². The second kappa shape index (κ2) is 10.8. The van der Waals surface area contributed by atoms with E-state index < -0.39 is 6.04 Å². The van der Waals surface area contributed by atoms with Gasteiger partial charge in [0.25, 0.3) is 0 Å². The summed E-state index contributed by atoms with van der Waals surface area (Å²) in [4.78, 5) is 26.7. The molecule has 2 aromatic rings. The molecule has 0 fully saturated rings. The van der Waals surface area contributed by atoms with E-state index in [-0.39, 0.29) is 11.8 Å². The number of thioether (sulfide) groups is 1. The Kier molecular flexibility index (Phi) is 8.39. The first kappa shape index (κ1) is 21.8. The van der Waals surface area contributed by atoms with Gasteiger partial charge in [0.05, 0.1) is 12.9 Å². The highest BCUT2D eigenvalue weighted by Gasteiger charge is 2.25. The number of aryl methyl sites for hydroxylation is 1. The van der Waals surface area contributed by atoms with Crippen LogP contribution in [0.3, 0.4) is 0 Å². The third-order valence-corrected chi connectivity index (χ3v) is 5.47. The molecule has 0 bridgehead atoms. The monoisotopic (exact) mass is 400 g/mol. The quantitative estimate of drug-likeness (QED) is 0.701. The van der Waals surface area contributed by atoms with Crippen molar-refractivity contribution < 1.29 is 14.3 Å². The van der Waals surface area contributed by atoms with E-state index in [2.05, 4.69) is 30.4 Å². The van der Waals surface area contributed by atoms with Crippen LogP contribution in [-0.2, 0) is 21.9 Å². The molecule has 0 heterocycles. The third kappa shape index (κ3) is 6.30. The second-order valence-corrected chi connectivity index (χ2v) is 7.63. The predicted octanol–water partition coefficient (Wildman–Crippen LogP) is 3.40. The van der Waals surface area contributed by atoms with Crippen molar-refractivity contribution in [3.63, 3.8) is 0 Å². The minimum atomic E-state index is -0.553. The number of amides is 2. The molecule has 0 saturated heterocycles. The molecule has 0 saturated carbocycles. The van der Waals surface area contributed by atoms with Gasteiger partial charge in [-0.1, -0.05) is 42.0 Å². The van der Waals surface area contributed by atoms with Crippen LogP contribution in [0.5, 0.6) is 5.75 Å². The molecule has 0 aliphatic carbocycles. The molecule has 28 heavy (non-hydrogen) atoms. The van der Waals surface area contributed by atoms with E-state index in [1.807, 2.05) is 30.3 Å². The number of nitrogens with one attached hydrogen (secondary N) is 1. The second-order valence-electron chi connectivity index (χ2n) is 6.65. The van der Waals surface area contributed by atoms with E-state index in [1.165, 1.54) is 11.1 Å². The molecule has 0 unspecified atom stereocenters. The zero-order chi connectivity index (χ0) is 20.5. The average molecular weight is 401 g/mol. The molecule has 0 aliphatic heterocycles. The molecule has 0 aliphatic rings. The fraction of sp³-hybridized carbons (Fsp3) is 0.364. The molecule has 0 spiro atoms. The van der Waals surface area contributed by atoms with E-state index in [0.29, 0.717) is 12.3 Å². The van der Waals surface area contributed by atoms with Crippen LogP contribution in [0.25, 0.3) is 0 Å². The Bertz CT molecular complexity index is 810. The van der Waals surface area contributed by atoms with Gasteiger partial charge in [-0.15, -0.1) is 11.8 Å². The molecule has 1 N–H and O–H groups in total. The first-order valence-electron chi connectivity index (χ1n) is 9.22. The Morgan fingerprint density at radius 2 is 1.86 bits per heavy atom. The van der Waals surface area contributed by atoms with Crippen molar-refractivity contribution in [1.29, 1.82) is 0 Å². The Morgan fingerprint density at radius 1 is 1.14 bits per heavy atom. The number of nitrogens with zero attached hydrogens (tertiary/aromatic N) is 1. The molecule has 0 radical (unpaired) electrons. The van der Waals surface area contributed by atoms with Crippen LogP contribution >= 0.6 is 11.8 Å². The number of benzene rings is 2.